The summed E-state index contributed by atoms with van der Waals surface area (Å²) in [5.41, 5.74) is 23.7. The van der Waals surface area contributed by atoms with E-state index in [0.29, 0.717) is 34.9 Å². The first-order valence-electron chi connectivity index (χ1n) is 37.8. The van der Waals surface area contributed by atoms with Crippen molar-refractivity contribution in [1.82, 2.24) is 39.0 Å². The third-order valence-corrected chi connectivity index (χ3v) is 21.7. The highest BCUT2D eigenvalue weighted by atomic mass is 16.3. The fourth-order valence-corrected chi connectivity index (χ4v) is 16.5. The number of benzene rings is 16. The van der Waals surface area contributed by atoms with E-state index in [9.17, 15) is 0 Å². The van der Waals surface area contributed by atoms with Crippen molar-refractivity contribution in [3.63, 3.8) is 0 Å². The van der Waals surface area contributed by atoms with Crippen LogP contribution in [0.1, 0.15) is 0 Å². The van der Waals surface area contributed by atoms with Crippen molar-refractivity contribution >= 4 is 109 Å². The van der Waals surface area contributed by atoms with Crippen molar-refractivity contribution in [2.45, 2.75) is 0 Å². The minimum absolute atomic E-state index is 0.556. The summed E-state index contributed by atoms with van der Waals surface area (Å²) in [7, 11) is 0. The molecular weight excluding hydrogens is 1390 g/mol. The van der Waals surface area contributed by atoms with E-state index < -0.39 is 0 Å². The van der Waals surface area contributed by atoms with Gasteiger partial charge in [0.05, 0.1) is 22.1 Å². The van der Waals surface area contributed by atoms with Crippen LogP contribution in [-0.2, 0) is 0 Å². The van der Waals surface area contributed by atoms with Gasteiger partial charge in [0.15, 0.2) is 34.9 Å². The van der Waals surface area contributed by atoms with E-state index in [0.717, 1.165) is 161 Å². The fourth-order valence-electron chi connectivity index (χ4n) is 16.5. The Kier molecular flexibility index (Phi) is 15.3. The molecule has 11 heteroatoms. The van der Waals surface area contributed by atoms with E-state index in [4.69, 9.17) is 43.2 Å². The van der Waals surface area contributed by atoms with Crippen molar-refractivity contribution in [3.8, 4) is 113 Å². The summed E-state index contributed by atoms with van der Waals surface area (Å²) in [5, 5.41) is 11.2. The summed E-state index contributed by atoms with van der Waals surface area (Å²) >= 11 is 0. The lowest BCUT2D eigenvalue weighted by Gasteiger charge is -2.11. The fraction of sp³-hybridized carbons (Fsp3) is 0. The van der Waals surface area contributed by atoms with Crippen LogP contribution in [0.5, 0.6) is 0 Å². The number of aromatic nitrogens is 8. The maximum absolute atomic E-state index is 6.30. The van der Waals surface area contributed by atoms with Crippen LogP contribution >= 0.6 is 0 Å². The van der Waals surface area contributed by atoms with Crippen molar-refractivity contribution in [3.05, 3.63) is 376 Å². The van der Waals surface area contributed by atoms with Gasteiger partial charge in [-0.1, -0.05) is 255 Å². The molecule has 0 fully saturated rings. The molecule has 0 aliphatic heterocycles. The average Bonchev–Trinajstić information content (AvgIpc) is 1.61. The predicted octanol–water partition coefficient (Wildman–Crippen LogP) is 26.6. The summed E-state index contributed by atoms with van der Waals surface area (Å²) in [6.45, 7) is 0. The zero-order valence-corrected chi connectivity index (χ0v) is 60.6. The quantitative estimate of drug-likeness (QED) is 0.124. The molecule has 528 valence electrons. The van der Waals surface area contributed by atoms with Crippen LogP contribution in [-0.4, -0.2) is 39.0 Å². The van der Waals surface area contributed by atoms with E-state index in [2.05, 4.69) is 306 Å². The predicted molar refractivity (Wildman–Crippen MR) is 459 cm³/mol. The molecule has 0 unspecified atom stereocenters. The SMILES string of the molecule is c1ccc(-c2cccc(-c3nc(-c4cccc(-c5cccc6c5c5ccccc5n6-c5ccccc5)c4)nc(-c4ccc5c(c4)oc4ccccc45)n3)c2)cc1.c1ccc(-n2c3ccccc3c3c(-c4cccc(-c5nc(-c6ccc7c(c6)oc6ccccc67)nc(-c6ccc7c(c6)oc6ccccc67)n5)c4)cccc32)cc1. The smallest absolute Gasteiger partial charge is 0.164 e. The highest BCUT2D eigenvalue weighted by Gasteiger charge is 2.23. The van der Waals surface area contributed by atoms with E-state index in [1.54, 1.807) is 0 Å². The standard InChI is InChI=1S/C51H30N4O2.C51H32N4O/c1-2-14-35(15-3-1)55-42-20-7-4-18-41(42)48-36(19-11-21-43(48)55)31-12-10-13-32(28-31)49-52-50(33-24-26-39-37-16-5-8-22-44(37)56-46(39)29-33)54-51(53-49)34-25-27-40-38-17-6-9-23-45(38)57-47(40)30-34;1-3-14-33(15-4-1)34-16-11-18-36(30-34)49-52-50(54-51(53-49)38-28-29-42-41-22-8-10-27-46(41)56-47(42)32-38)37-19-12-17-35(31-37)40-24-13-26-45-48(40)43-23-7-9-25-44(43)55(45)39-20-5-2-6-21-39/h1-30H;1-32H. The number of nitrogens with zero attached hydrogens (tertiary/aromatic N) is 8. The molecule has 0 saturated carbocycles. The minimum atomic E-state index is 0.556. The molecule has 0 amide bonds. The number of fused-ring (bicyclic) bond motifs is 15. The van der Waals surface area contributed by atoms with Gasteiger partial charge in [-0.2, -0.15) is 0 Å². The summed E-state index contributed by atoms with van der Waals surface area (Å²) in [5.74, 6) is 3.47. The number of para-hydroxylation sites is 7. The molecule has 0 atom stereocenters. The second-order valence-corrected chi connectivity index (χ2v) is 28.4. The van der Waals surface area contributed by atoms with Crippen LogP contribution in [0.15, 0.2) is 389 Å². The molecular formula is C102H62N8O3. The first-order chi connectivity index (χ1) is 56.0. The first kappa shape index (κ1) is 64.7. The number of furan rings is 3. The summed E-state index contributed by atoms with van der Waals surface area (Å²) in [4.78, 5) is 30.9. The van der Waals surface area contributed by atoms with Crippen LogP contribution in [0, 0.1) is 0 Å². The molecule has 0 aliphatic rings. The maximum atomic E-state index is 6.30. The van der Waals surface area contributed by atoms with Gasteiger partial charge in [0.1, 0.15) is 33.5 Å². The summed E-state index contributed by atoms with van der Waals surface area (Å²) in [6.07, 6.45) is 0. The molecule has 0 bridgehead atoms. The van der Waals surface area contributed by atoms with Crippen molar-refractivity contribution < 1.29 is 13.3 Å². The first-order valence-corrected chi connectivity index (χ1v) is 37.8. The monoisotopic (exact) mass is 1450 g/mol. The molecule has 23 aromatic rings. The second kappa shape index (κ2) is 26.7. The molecule has 0 radical (unpaired) electrons. The second-order valence-electron chi connectivity index (χ2n) is 28.4. The normalized spacial score (nSPS) is 11.7. The van der Waals surface area contributed by atoms with Gasteiger partial charge in [-0.05, 0) is 155 Å². The highest BCUT2D eigenvalue weighted by molar-refractivity contribution is 6.18. The zero-order chi connectivity index (χ0) is 74.5. The van der Waals surface area contributed by atoms with E-state index in [1.165, 1.54) is 27.1 Å². The van der Waals surface area contributed by atoms with Gasteiger partial charge in [0.2, 0.25) is 0 Å². The van der Waals surface area contributed by atoms with Crippen molar-refractivity contribution in [2.24, 2.45) is 0 Å². The van der Waals surface area contributed by atoms with Crippen LogP contribution in [0.3, 0.4) is 0 Å². The highest BCUT2D eigenvalue weighted by Crippen LogP contribution is 2.44. The van der Waals surface area contributed by atoms with Crippen LogP contribution in [0.2, 0.25) is 0 Å². The number of rotatable bonds is 11. The van der Waals surface area contributed by atoms with Gasteiger partial charge < -0.3 is 22.4 Å². The molecule has 7 heterocycles. The third kappa shape index (κ3) is 11.3. The lowest BCUT2D eigenvalue weighted by Crippen LogP contribution is -2.00. The molecule has 23 rings (SSSR count). The van der Waals surface area contributed by atoms with Gasteiger partial charge in [-0.15, -0.1) is 0 Å². The molecule has 0 aliphatic carbocycles. The Morgan fingerprint density at radius 3 is 0.814 bits per heavy atom. The lowest BCUT2D eigenvalue weighted by molar-refractivity contribution is 0.668. The number of hydrogen-bond acceptors (Lipinski definition) is 9. The van der Waals surface area contributed by atoms with Gasteiger partial charge in [0.25, 0.3) is 0 Å². The molecule has 11 nitrogen and oxygen atoms in total. The molecule has 16 aromatic carbocycles. The average molecular weight is 1450 g/mol. The van der Waals surface area contributed by atoms with Crippen molar-refractivity contribution in [1.29, 1.82) is 0 Å². The van der Waals surface area contributed by atoms with Crippen LogP contribution in [0.4, 0.5) is 0 Å². The molecule has 0 N–H and O–H groups in total. The Labute approximate surface area is 646 Å². The van der Waals surface area contributed by atoms with Gasteiger partial charge in [-0.25, -0.2) is 29.9 Å². The summed E-state index contributed by atoms with van der Waals surface area (Å²) < 4.78 is 23.6. The summed E-state index contributed by atoms with van der Waals surface area (Å²) in [6, 6.07) is 130. The molecule has 0 saturated heterocycles. The Balaban J connectivity index is 0.000000138. The third-order valence-electron chi connectivity index (χ3n) is 21.7. The maximum Gasteiger partial charge on any atom is 0.164 e. The van der Waals surface area contributed by atoms with E-state index >= 15 is 0 Å². The number of hydrogen-bond donors (Lipinski definition) is 0. The van der Waals surface area contributed by atoms with Crippen molar-refractivity contribution in [2.75, 3.05) is 0 Å². The van der Waals surface area contributed by atoms with Gasteiger partial charge in [0, 0.05) is 98.6 Å². The Morgan fingerprint density at radius 1 is 0.168 bits per heavy atom. The molecule has 113 heavy (non-hydrogen) atoms. The Morgan fingerprint density at radius 2 is 0.434 bits per heavy atom. The topological polar surface area (TPSA) is 127 Å². The Hall–Kier alpha value is -15.5. The molecule has 7 aromatic heterocycles. The lowest BCUT2D eigenvalue weighted by atomic mass is 9.97. The zero-order valence-electron chi connectivity index (χ0n) is 60.6. The van der Waals surface area contributed by atoms with Gasteiger partial charge in [-0.3, -0.25) is 0 Å². The van der Waals surface area contributed by atoms with E-state index in [-0.39, 0.29) is 0 Å². The Bertz CT molecular complexity index is 7570. The minimum Gasteiger partial charge on any atom is -0.456 e. The largest absolute Gasteiger partial charge is 0.456 e. The molecule has 0 spiro atoms. The van der Waals surface area contributed by atoms with Crippen LogP contribution < -0.4 is 0 Å². The van der Waals surface area contributed by atoms with E-state index in [1.807, 2.05) is 78.9 Å². The van der Waals surface area contributed by atoms with Gasteiger partial charge >= 0.3 is 0 Å². The van der Waals surface area contributed by atoms with Crippen LogP contribution in [0.25, 0.3) is 223 Å².